The summed E-state index contributed by atoms with van der Waals surface area (Å²) in [5.74, 6) is -2.69. The lowest BCUT2D eigenvalue weighted by molar-refractivity contribution is -0.273. The van der Waals surface area contributed by atoms with Gasteiger partial charge in [0.2, 0.25) is 0 Å². The van der Waals surface area contributed by atoms with Crippen LogP contribution in [-0.2, 0) is 0 Å². The van der Waals surface area contributed by atoms with Gasteiger partial charge in [0.05, 0.1) is 0 Å². The average Bonchev–Trinajstić information content (AvgIpc) is 2.24. The van der Waals surface area contributed by atoms with Crippen LogP contribution in [0, 0.1) is 0 Å². The van der Waals surface area contributed by atoms with Gasteiger partial charge >= 0.3 is 0 Å². The fraction of sp³-hybridized carbons (Fsp3) is 0.714. The molecule has 0 heterocycles. The van der Waals surface area contributed by atoms with Crippen molar-refractivity contribution in [3.8, 4) is 0 Å². The van der Waals surface area contributed by atoms with Crippen LogP contribution in [0.4, 0.5) is 0 Å². The normalized spacial score (nSPS) is 12.9. The van der Waals surface area contributed by atoms with Gasteiger partial charge < -0.3 is 15.3 Å². The predicted molar refractivity (Wildman–Crippen MR) is 70.3 cm³/mol. The summed E-state index contributed by atoms with van der Waals surface area (Å²) in [6, 6.07) is 0. The molecular formula is C14H26O3. The van der Waals surface area contributed by atoms with Gasteiger partial charge in [-0.3, -0.25) is 0 Å². The summed E-state index contributed by atoms with van der Waals surface area (Å²) in [6.45, 7) is 2.22. The molecule has 0 aromatic carbocycles. The smallest absolute Gasteiger partial charge is 0.297 e. The Morgan fingerprint density at radius 1 is 0.824 bits per heavy atom. The number of hydrogen-bond acceptors (Lipinski definition) is 3. The van der Waals surface area contributed by atoms with Crippen molar-refractivity contribution in [1.82, 2.24) is 0 Å². The van der Waals surface area contributed by atoms with E-state index in [1.807, 2.05) is 6.08 Å². The van der Waals surface area contributed by atoms with Gasteiger partial charge in [-0.25, -0.2) is 0 Å². The third-order valence-corrected chi connectivity index (χ3v) is 2.54. The van der Waals surface area contributed by atoms with Gasteiger partial charge in [0.1, 0.15) is 0 Å². The monoisotopic (exact) mass is 242 g/mol. The summed E-state index contributed by atoms with van der Waals surface area (Å²) in [7, 11) is 0. The lowest BCUT2D eigenvalue weighted by Gasteiger charge is -2.05. The molecule has 0 aromatic rings. The second-order valence-corrected chi connectivity index (χ2v) is 4.38. The first-order valence-electron chi connectivity index (χ1n) is 6.57. The van der Waals surface area contributed by atoms with Crippen molar-refractivity contribution in [2.24, 2.45) is 0 Å². The quantitative estimate of drug-likeness (QED) is 0.313. The fourth-order valence-corrected chi connectivity index (χ4v) is 1.58. The zero-order valence-electron chi connectivity index (χ0n) is 10.8. The average molecular weight is 242 g/mol. The van der Waals surface area contributed by atoms with E-state index in [9.17, 15) is 0 Å². The molecule has 0 aromatic heterocycles. The largest absolute Gasteiger partial charge is 0.340 e. The number of hydrogen-bond donors (Lipinski definition) is 3. The van der Waals surface area contributed by atoms with Crippen molar-refractivity contribution in [3.63, 3.8) is 0 Å². The Kier molecular flexibility index (Phi) is 10.1. The maximum Gasteiger partial charge on any atom is 0.297 e. The molecule has 0 atom stereocenters. The van der Waals surface area contributed by atoms with E-state index in [4.69, 9.17) is 15.3 Å². The zero-order chi connectivity index (χ0) is 13.0. The van der Waals surface area contributed by atoms with Crippen LogP contribution in [0.2, 0.25) is 0 Å². The van der Waals surface area contributed by atoms with Crippen LogP contribution in [0.1, 0.15) is 58.3 Å². The minimum atomic E-state index is -2.69. The summed E-state index contributed by atoms with van der Waals surface area (Å²) in [5.41, 5.74) is 0. The Morgan fingerprint density at radius 3 is 2.00 bits per heavy atom. The molecule has 100 valence electrons. The highest BCUT2D eigenvalue weighted by Gasteiger charge is 2.10. The van der Waals surface area contributed by atoms with Crippen molar-refractivity contribution in [1.29, 1.82) is 0 Å². The molecule has 0 fully saturated rings. The molecule has 0 aliphatic carbocycles. The molecule has 0 amide bonds. The summed E-state index contributed by atoms with van der Waals surface area (Å²) < 4.78 is 0. The molecule has 0 saturated heterocycles. The van der Waals surface area contributed by atoms with Crippen molar-refractivity contribution >= 4 is 0 Å². The Bertz CT molecular complexity index is 214. The molecule has 17 heavy (non-hydrogen) atoms. The molecule has 3 heteroatoms. The van der Waals surface area contributed by atoms with Crippen molar-refractivity contribution in [2.45, 2.75) is 64.3 Å². The van der Waals surface area contributed by atoms with E-state index >= 15 is 0 Å². The molecule has 3 N–H and O–H groups in total. The number of unbranched alkanes of at least 4 members (excludes halogenated alkanes) is 7. The Balaban J connectivity index is 3.28. The van der Waals surface area contributed by atoms with Gasteiger partial charge in [0, 0.05) is 6.08 Å². The van der Waals surface area contributed by atoms with Gasteiger partial charge in [0.15, 0.2) is 0 Å². The van der Waals surface area contributed by atoms with Crippen molar-refractivity contribution < 1.29 is 15.3 Å². The van der Waals surface area contributed by atoms with Gasteiger partial charge in [0.25, 0.3) is 5.97 Å². The molecule has 0 saturated carbocycles. The third kappa shape index (κ3) is 15.4. The van der Waals surface area contributed by atoms with E-state index < -0.39 is 5.97 Å². The van der Waals surface area contributed by atoms with E-state index in [1.165, 1.54) is 51.0 Å². The fourth-order valence-electron chi connectivity index (χ4n) is 1.58. The Labute approximate surface area is 104 Å². The second-order valence-electron chi connectivity index (χ2n) is 4.38. The van der Waals surface area contributed by atoms with Crippen LogP contribution in [0.5, 0.6) is 0 Å². The highest BCUT2D eigenvalue weighted by atomic mass is 16.7. The lowest BCUT2D eigenvalue weighted by Crippen LogP contribution is -2.22. The summed E-state index contributed by atoms with van der Waals surface area (Å²) in [4.78, 5) is 0. The molecule has 0 spiro atoms. The molecule has 0 aliphatic rings. The van der Waals surface area contributed by atoms with Gasteiger partial charge in [-0.2, -0.15) is 0 Å². The first-order chi connectivity index (χ1) is 8.06. The maximum atomic E-state index is 8.55. The van der Waals surface area contributed by atoms with Crippen LogP contribution < -0.4 is 0 Å². The van der Waals surface area contributed by atoms with E-state index in [-0.39, 0.29) is 0 Å². The van der Waals surface area contributed by atoms with Gasteiger partial charge in [-0.05, 0) is 12.8 Å². The van der Waals surface area contributed by atoms with Crippen LogP contribution in [-0.4, -0.2) is 21.3 Å². The molecule has 3 nitrogen and oxygen atoms in total. The Hall–Kier alpha value is -0.640. The van der Waals surface area contributed by atoms with Crippen LogP contribution in [0.15, 0.2) is 24.3 Å². The number of allylic oxidation sites excluding steroid dienone is 3. The van der Waals surface area contributed by atoms with E-state index in [0.717, 1.165) is 12.5 Å². The zero-order valence-corrected chi connectivity index (χ0v) is 10.8. The van der Waals surface area contributed by atoms with E-state index in [0.29, 0.717) is 0 Å². The summed E-state index contributed by atoms with van der Waals surface area (Å²) >= 11 is 0. The van der Waals surface area contributed by atoms with Gasteiger partial charge in [-0.1, -0.05) is 63.7 Å². The molecule has 0 radical (unpaired) electrons. The molecule has 0 rings (SSSR count). The standard InChI is InChI=1S/C14H26O3/c1-2-3-4-5-6-7-8-9-10-11-12-13-14(15,16)17/h10-13,15-17H,2-9H2,1H3. The SMILES string of the molecule is CCCCCCCCCC=CC=CC(O)(O)O. The summed E-state index contributed by atoms with van der Waals surface area (Å²) in [6.07, 6.45) is 16.1. The number of rotatable bonds is 10. The van der Waals surface area contributed by atoms with Gasteiger partial charge in [-0.15, -0.1) is 0 Å². The first-order valence-corrected chi connectivity index (χ1v) is 6.57. The molecule has 0 aliphatic heterocycles. The minimum absolute atomic E-state index is 0.925. The maximum absolute atomic E-state index is 8.55. The summed E-state index contributed by atoms with van der Waals surface area (Å²) in [5, 5.41) is 25.7. The Morgan fingerprint density at radius 2 is 1.41 bits per heavy atom. The highest BCUT2D eigenvalue weighted by Crippen LogP contribution is 2.08. The number of aliphatic hydroxyl groups is 3. The topological polar surface area (TPSA) is 60.7 Å². The predicted octanol–water partition coefficient (Wildman–Crippen LogP) is 2.87. The van der Waals surface area contributed by atoms with E-state index in [2.05, 4.69) is 6.92 Å². The van der Waals surface area contributed by atoms with Crippen molar-refractivity contribution in [2.75, 3.05) is 0 Å². The van der Waals surface area contributed by atoms with Crippen LogP contribution in [0.3, 0.4) is 0 Å². The van der Waals surface area contributed by atoms with Crippen LogP contribution >= 0.6 is 0 Å². The van der Waals surface area contributed by atoms with E-state index in [1.54, 1.807) is 6.08 Å². The molecule has 0 bridgehead atoms. The molecular weight excluding hydrogens is 216 g/mol. The van der Waals surface area contributed by atoms with Crippen molar-refractivity contribution in [3.05, 3.63) is 24.3 Å². The minimum Gasteiger partial charge on any atom is -0.340 e. The highest BCUT2D eigenvalue weighted by molar-refractivity contribution is 5.04. The third-order valence-electron chi connectivity index (χ3n) is 2.54. The lowest BCUT2D eigenvalue weighted by atomic mass is 10.1. The van der Waals surface area contributed by atoms with Crippen LogP contribution in [0.25, 0.3) is 0 Å². The first kappa shape index (κ1) is 16.4. The molecule has 0 unspecified atom stereocenters. The second kappa shape index (κ2) is 10.5.